The van der Waals surface area contributed by atoms with Crippen LogP contribution in [0.1, 0.15) is 16.8 Å². The first kappa shape index (κ1) is 15.5. The summed E-state index contributed by atoms with van der Waals surface area (Å²) in [6, 6.07) is 5.75. The van der Waals surface area contributed by atoms with Crippen molar-refractivity contribution in [2.24, 2.45) is 0 Å². The summed E-state index contributed by atoms with van der Waals surface area (Å²) in [5, 5.41) is 0. The lowest BCUT2D eigenvalue weighted by atomic mass is 10.1. The highest BCUT2D eigenvalue weighted by Gasteiger charge is 2.31. The monoisotopic (exact) mass is 324 g/mol. The average molecular weight is 324 g/mol. The third kappa shape index (κ3) is 3.04. The molecule has 0 fully saturated rings. The van der Waals surface area contributed by atoms with Crippen LogP contribution < -0.4 is 15.1 Å². The molecule has 0 unspecified atom stereocenters. The summed E-state index contributed by atoms with van der Waals surface area (Å²) < 4.78 is 40.8. The van der Waals surface area contributed by atoms with Gasteiger partial charge in [-0.15, -0.1) is 13.2 Å². The molecule has 1 aromatic heterocycles. The Morgan fingerprint density at radius 2 is 1.96 bits per heavy atom. The van der Waals surface area contributed by atoms with Crippen LogP contribution >= 0.6 is 0 Å². The third-order valence-corrected chi connectivity index (χ3v) is 3.79. The second-order valence-electron chi connectivity index (χ2n) is 5.54. The Morgan fingerprint density at radius 1 is 1.22 bits per heavy atom. The molecule has 1 N–H and O–H groups in total. The normalized spacial score (nSPS) is 14.0. The molecule has 122 valence electrons. The van der Waals surface area contributed by atoms with Gasteiger partial charge in [0.25, 0.3) is 0 Å². The molecule has 0 bridgehead atoms. The van der Waals surface area contributed by atoms with Gasteiger partial charge in [-0.3, -0.25) is 4.79 Å². The second kappa shape index (κ2) is 5.33. The van der Waals surface area contributed by atoms with E-state index in [-0.39, 0.29) is 11.2 Å². The molecule has 7 heteroatoms. The number of rotatable bonds is 2. The zero-order valence-electron chi connectivity index (χ0n) is 12.6. The minimum Gasteiger partial charge on any atom is -0.406 e. The van der Waals surface area contributed by atoms with E-state index in [1.54, 1.807) is 26.0 Å². The molecule has 0 spiro atoms. The molecular weight excluding hydrogens is 309 g/mol. The number of halogens is 3. The molecule has 3 rings (SSSR count). The molecule has 0 saturated heterocycles. The second-order valence-corrected chi connectivity index (χ2v) is 5.54. The Kier molecular flexibility index (Phi) is 3.58. The van der Waals surface area contributed by atoms with E-state index >= 15 is 0 Å². The van der Waals surface area contributed by atoms with Gasteiger partial charge in [-0.1, -0.05) is 0 Å². The summed E-state index contributed by atoms with van der Waals surface area (Å²) in [5.41, 5.74) is 2.82. The minimum absolute atomic E-state index is 0.0200. The van der Waals surface area contributed by atoms with E-state index in [0.29, 0.717) is 29.9 Å². The van der Waals surface area contributed by atoms with Gasteiger partial charge >= 0.3 is 6.36 Å². The van der Waals surface area contributed by atoms with Crippen molar-refractivity contribution >= 4 is 11.5 Å². The highest BCUT2D eigenvalue weighted by atomic mass is 19.4. The van der Waals surface area contributed by atoms with E-state index in [0.717, 1.165) is 11.4 Å². The van der Waals surface area contributed by atoms with Crippen LogP contribution in [0.25, 0.3) is 0 Å². The minimum atomic E-state index is -4.71. The molecule has 0 saturated carbocycles. The first-order valence-electron chi connectivity index (χ1n) is 7.11. The number of pyridine rings is 1. The Bertz CT molecular complexity index is 812. The maximum atomic E-state index is 12.3. The van der Waals surface area contributed by atoms with E-state index in [1.807, 2.05) is 4.90 Å². The number of alkyl halides is 3. The summed E-state index contributed by atoms with van der Waals surface area (Å²) >= 11 is 0. The fraction of sp³-hybridized carbons (Fsp3) is 0.312. The van der Waals surface area contributed by atoms with E-state index < -0.39 is 6.36 Å². The lowest BCUT2D eigenvalue weighted by Gasteiger charge is -2.22. The number of ether oxygens (including phenoxy) is 1. The average Bonchev–Trinajstić information content (AvgIpc) is 2.81. The molecule has 2 aromatic rings. The highest BCUT2D eigenvalue weighted by Crippen LogP contribution is 2.35. The van der Waals surface area contributed by atoms with Crippen molar-refractivity contribution in [1.29, 1.82) is 0 Å². The van der Waals surface area contributed by atoms with Gasteiger partial charge in [0.2, 0.25) is 0 Å². The molecule has 0 radical (unpaired) electrons. The number of H-pyrrole nitrogens is 1. The van der Waals surface area contributed by atoms with Crippen LogP contribution in [-0.2, 0) is 6.42 Å². The van der Waals surface area contributed by atoms with Crippen molar-refractivity contribution < 1.29 is 17.9 Å². The van der Waals surface area contributed by atoms with E-state index in [9.17, 15) is 18.0 Å². The largest absolute Gasteiger partial charge is 0.573 e. The topological polar surface area (TPSA) is 45.3 Å². The van der Waals surface area contributed by atoms with Crippen molar-refractivity contribution in [2.45, 2.75) is 26.6 Å². The Morgan fingerprint density at radius 3 is 2.61 bits per heavy atom. The summed E-state index contributed by atoms with van der Waals surface area (Å²) in [5.74, 6) is 0.457. The fourth-order valence-electron chi connectivity index (χ4n) is 2.87. The summed E-state index contributed by atoms with van der Waals surface area (Å²) in [7, 11) is 0. The number of aromatic nitrogens is 1. The van der Waals surface area contributed by atoms with Gasteiger partial charge in [-0.05, 0) is 44.0 Å². The maximum absolute atomic E-state index is 12.3. The number of benzene rings is 1. The number of hydrogen-bond acceptors (Lipinski definition) is 3. The Balaban J connectivity index is 1.98. The smallest absolute Gasteiger partial charge is 0.406 e. The predicted octanol–water partition coefficient (Wildman–Crippen LogP) is 3.58. The van der Waals surface area contributed by atoms with Crippen molar-refractivity contribution in [3.8, 4) is 5.75 Å². The molecular formula is C16H15F3N2O2. The van der Waals surface area contributed by atoms with E-state index in [2.05, 4.69) is 9.72 Å². The molecule has 1 aliphatic heterocycles. The lowest BCUT2D eigenvalue weighted by Crippen LogP contribution is -2.18. The van der Waals surface area contributed by atoms with Gasteiger partial charge in [0.05, 0.1) is 0 Å². The first-order valence-corrected chi connectivity index (χ1v) is 7.11. The van der Waals surface area contributed by atoms with Gasteiger partial charge in [-0.2, -0.15) is 0 Å². The van der Waals surface area contributed by atoms with Crippen LogP contribution in [0.4, 0.5) is 24.7 Å². The number of aryl methyl sites for hydroxylation is 2. The number of anilines is 2. The van der Waals surface area contributed by atoms with Gasteiger partial charge in [0, 0.05) is 29.6 Å². The van der Waals surface area contributed by atoms with Crippen LogP contribution in [0.15, 0.2) is 29.1 Å². The fourth-order valence-corrected chi connectivity index (χ4v) is 2.87. The molecule has 23 heavy (non-hydrogen) atoms. The van der Waals surface area contributed by atoms with Crippen LogP contribution in [0.3, 0.4) is 0 Å². The Hall–Kier alpha value is -2.44. The SMILES string of the molecule is Cc1cc(=O)c2c([nH]1)N(c1ccc(OC(F)(F)F)cc1C)CC2. The molecule has 4 nitrogen and oxygen atoms in total. The zero-order valence-corrected chi connectivity index (χ0v) is 12.6. The standard InChI is InChI=1S/C16H15F3N2O2/c1-9-7-11(23-16(17,18)19)3-4-13(9)21-6-5-12-14(22)8-10(2)20-15(12)21/h3-4,7-8H,5-6H2,1-2H3,(H,20,22). The van der Waals surface area contributed by atoms with Gasteiger partial charge in [-0.25, -0.2) is 0 Å². The third-order valence-electron chi connectivity index (χ3n) is 3.79. The summed E-state index contributed by atoms with van der Waals surface area (Å²) in [6.45, 7) is 4.11. The summed E-state index contributed by atoms with van der Waals surface area (Å²) in [6.07, 6.45) is -4.11. The molecule has 2 heterocycles. The summed E-state index contributed by atoms with van der Waals surface area (Å²) in [4.78, 5) is 17.1. The lowest BCUT2D eigenvalue weighted by molar-refractivity contribution is -0.274. The van der Waals surface area contributed by atoms with Gasteiger partial charge in [0.15, 0.2) is 5.43 Å². The van der Waals surface area contributed by atoms with Crippen LogP contribution in [0.5, 0.6) is 5.75 Å². The number of nitrogens with one attached hydrogen (secondary N) is 1. The molecule has 0 atom stereocenters. The number of nitrogens with zero attached hydrogens (tertiary/aromatic N) is 1. The van der Waals surface area contributed by atoms with E-state index in [4.69, 9.17) is 0 Å². The zero-order chi connectivity index (χ0) is 16.8. The van der Waals surface area contributed by atoms with Crippen molar-refractivity contribution in [3.05, 3.63) is 51.3 Å². The first-order chi connectivity index (χ1) is 10.7. The molecule has 0 aliphatic carbocycles. The van der Waals surface area contributed by atoms with Gasteiger partial charge < -0.3 is 14.6 Å². The van der Waals surface area contributed by atoms with Gasteiger partial charge in [0.1, 0.15) is 11.6 Å². The number of fused-ring (bicyclic) bond motifs is 1. The van der Waals surface area contributed by atoms with Crippen molar-refractivity contribution in [2.75, 3.05) is 11.4 Å². The molecule has 0 amide bonds. The maximum Gasteiger partial charge on any atom is 0.573 e. The predicted molar refractivity (Wildman–Crippen MR) is 80.4 cm³/mol. The molecule has 1 aliphatic rings. The molecule has 1 aromatic carbocycles. The number of aromatic amines is 1. The van der Waals surface area contributed by atoms with Crippen molar-refractivity contribution in [1.82, 2.24) is 4.98 Å². The van der Waals surface area contributed by atoms with E-state index in [1.165, 1.54) is 12.1 Å². The Labute approximate surface area is 130 Å². The van der Waals surface area contributed by atoms with Crippen LogP contribution in [-0.4, -0.2) is 17.9 Å². The highest BCUT2D eigenvalue weighted by molar-refractivity contribution is 5.69. The van der Waals surface area contributed by atoms with Crippen LogP contribution in [0, 0.1) is 13.8 Å². The number of hydrogen-bond donors (Lipinski definition) is 1. The van der Waals surface area contributed by atoms with Crippen molar-refractivity contribution in [3.63, 3.8) is 0 Å². The van der Waals surface area contributed by atoms with Crippen LogP contribution in [0.2, 0.25) is 0 Å². The quantitative estimate of drug-likeness (QED) is 0.918.